The summed E-state index contributed by atoms with van der Waals surface area (Å²) < 4.78 is 26.0. The van der Waals surface area contributed by atoms with Gasteiger partial charge in [0.15, 0.2) is 6.29 Å². The van der Waals surface area contributed by atoms with Crippen LogP contribution in [0.25, 0.3) is 0 Å². The van der Waals surface area contributed by atoms with Gasteiger partial charge in [0.05, 0.1) is 25.0 Å². The van der Waals surface area contributed by atoms with Crippen molar-refractivity contribution < 1.29 is 23.3 Å². The molecule has 11 nitrogen and oxygen atoms in total. The van der Waals surface area contributed by atoms with Gasteiger partial charge in [0.1, 0.15) is 11.6 Å². The maximum absolute atomic E-state index is 13.4. The number of guanidine groups is 2. The number of benzene rings is 2. The zero-order valence-corrected chi connectivity index (χ0v) is 20.1. The van der Waals surface area contributed by atoms with Gasteiger partial charge in [-0.15, -0.1) is 10.2 Å². The Balaban J connectivity index is 0.000000545. The van der Waals surface area contributed by atoms with E-state index in [1.165, 1.54) is 18.3 Å². The molecule has 0 saturated heterocycles. The van der Waals surface area contributed by atoms with Crippen molar-refractivity contribution >= 4 is 24.4 Å². The normalized spacial score (nSPS) is 11.1. The summed E-state index contributed by atoms with van der Waals surface area (Å²) in [5.74, 6) is 4.02. The van der Waals surface area contributed by atoms with Crippen LogP contribution in [0.2, 0.25) is 0 Å². The van der Waals surface area contributed by atoms with E-state index in [-0.39, 0.29) is 23.3 Å². The first kappa shape index (κ1) is 30.9. The van der Waals surface area contributed by atoms with E-state index in [0.717, 1.165) is 5.56 Å². The molecule has 13 heteroatoms. The molecule has 35 heavy (non-hydrogen) atoms. The Morgan fingerprint density at radius 3 is 1.80 bits per heavy atom. The van der Waals surface area contributed by atoms with Gasteiger partial charge in [-0.1, -0.05) is 24.3 Å². The summed E-state index contributed by atoms with van der Waals surface area (Å²) in [7, 11) is 0. The van der Waals surface area contributed by atoms with Crippen LogP contribution in [-0.4, -0.2) is 37.6 Å². The smallest absolute Gasteiger partial charge is 0.237 e. The molecule has 0 spiro atoms. The summed E-state index contributed by atoms with van der Waals surface area (Å²) in [5, 5.41) is 10.4. The van der Waals surface area contributed by atoms with Gasteiger partial charge in [-0.3, -0.25) is 14.5 Å². The maximum Gasteiger partial charge on any atom is 0.237 e. The third-order valence-corrected chi connectivity index (χ3v) is 3.79. The van der Waals surface area contributed by atoms with Gasteiger partial charge < -0.3 is 17.3 Å². The number of hydrazone groups is 1. The predicted molar refractivity (Wildman–Crippen MR) is 132 cm³/mol. The molecule has 0 heterocycles. The summed E-state index contributed by atoms with van der Waals surface area (Å²) in [6, 6.07) is 9.34. The molecular formula is C22H32F2N8O3. The molecule has 0 aliphatic heterocycles. The van der Waals surface area contributed by atoms with Crippen LogP contribution in [0.3, 0.4) is 0 Å². The molecule has 192 valence electrons. The van der Waals surface area contributed by atoms with Crippen LogP contribution in [0.1, 0.15) is 40.9 Å². The van der Waals surface area contributed by atoms with Gasteiger partial charge in [-0.05, 0) is 51.0 Å². The fraction of sp³-hybridized carbons (Fsp3) is 0.273. The minimum atomic E-state index is -0.449. The molecule has 0 fully saturated rings. The molecule has 0 aliphatic rings. The number of hydroxylamine groups is 2. The molecule has 0 atom stereocenters. The van der Waals surface area contributed by atoms with Gasteiger partial charge in [0.2, 0.25) is 11.9 Å². The summed E-state index contributed by atoms with van der Waals surface area (Å²) in [6.07, 6.45) is 1.84. The fourth-order valence-corrected chi connectivity index (χ4v) is 2.09. The highest BCUT2D eigenvalue weighted by atomic mass is 19.1. The molecule has 2 aromatic rings. The van der Waals surface area contributed by atoms with Crippen LogP contribution in [0.4, 0.5) is 8.78 Å². The molecule has 0 unspecified atom stereocenters. The average Bonchev–Trinajstić information content (AvgIpc) is 2.84. The van der Waals surface area contributed by atoms with E-state index in [1.54, 1.807) is 45.0 Å². The summed E-state index contributed by atoms with van der Waals surface area (Å²) in [5.41, 5.74) is 17.1. The average molecular weight is 495 g/mol. The van der Waals surface area contributed by atoms with E-state index in [0.29, 0.717) is 30.6 Å². The highest BCUT2D eigenvalue weighted by molar-refractivity contribution is 5.83. The number of aryl methyl sites for hydroxylation is 2. The third kappa shape index (κ3) is 13.3. The Morgan fingerprint density at radius 2 is 1.40 bits per heavy atom. The van der Waals surface area contributed by atoms with Gasteiger partial charge in [0.25, 0.3) is 0 Å². The number of carbonyl (C=O) groups excluding carboxylic acids is 1. The van der Waals surface area contributed by atoms with Gasteiger partial charge in [-0.25, -0.2) is 19.7 Å². The van der Waals surface area contributed by atoms with Crippen LogP contribution < -0.4 is 28.3 Å². The SMILES string of the molecule is CCONC(N)=N/N=C/c1c(C)cccc1F.CCONC(N)=NN.Cc1cccc(F)c1C=O. The Labute approximate surface area is 203 Å². The largest absolute Gasteiger partial charge is 0.367 e. The molecule has 0 aliphatic carbocycles. The molecule has 2 rings (SSSR count). The van der Waals surface area contributed by atoms with Crippen molar-refractivity contribution in [3.63, 3.8) is 0 Å². The standard InChI is InChI=1S/C11H15FN4O.C8H7FO.C3H10N4O/c1-3-17-16-11(13)15-14-7-9-8(2)5-4-6-10(9)12;1-6-3-2-4-8(9)7(6)5-10;1-2-8-7-3(4)6-5/h4-7H,3H2,1-2H3,(H3,13,15,16);2-5H,1H3;2,5H2,1H3,(H3,4,6,7)/b14-7+;;. The number of nitrogens with zero attached hydrogens (tertiary/aromatic N) is 3. The van der Waals surface area contributed by atoms with Gasteiger partial charge in [0, 0.05) is 5.56 Å². The minimum Gasteiger partial charge on any atom is -0.367 e. The van der Waals surface area contributed by atoms with E-state index in [9.17, 15) is 13.6 Å². The Bertz CT molecular complexity index is 960. The fourth-order valence-electron chi connectivity index (χ4n) is 2.09. The molecule has 0 bridgehead atoms. The van der Waals surface area contributed by atoms with Crippen molar-refractivity contribution in [2.24, 2.45) is 32.6 Å². The summed E-state index contributed by atoms with van der Waals surface area (Å²) >= 11 is 0. The van der Waals surface area contributed by atoms with E-state index < -0.39 is 5.82 Å². The lowest BCUT2D eigenvalue weighted by atomic mass is 10.1. The summed E-state index contributed by atoms with van der Waals surface area (Å²) in [4.78, 5) is 19.6. The number of nitrogens with one attached hydrogen (secondary N) is 2. The number of rotatable bonds is 7. The van der Waals surface area contributed by atoms with Crippen molar-refractivity contribution in [2.45, 2.75) is 27.7 Å². The number of carbonyl (C=O) groups is 1. The maximum atomic E-state index is 13.4. The molecule has 0 aromatic heterocycles. The van der Waals surface area contributed by atoms with Crippen LogP contribution in [0, 0.1) is 25.5 Å². The second kappa shape index (κ2) is 18.3. The Hall–Kier alpha value is -4.10. The van der Waals surface area contributed by atoms with E-state index in [2.05, 4.69) is 31.1 Å². The Morgan fingerprint density at radius 1 is 0.914 bits per heavy atom. The van der Waals surface area contributed by atoms with Gasteiger partial charge in [-0.2, -0.15) is 5.10 Å². The molecular weight excluding hydrogens is 462 g/mol. The van der Waals surface area contributed by atoms with Gasteiger partial charge >= 0.3 is 0 Å². The lowest BCUT2D eigenvalue weighted by Gasteiger charge is -2.01. The second-order valence-electron chi connectivity index (χ2n) is 6.37. The lowest BCUT2D eigenvalue weighted by Crippen LogP contribution is -2.32. The third-order valence-electron chi connectivity index (χ3n) is 3.79. The molecule has 0 amide bonds. The zero-order chi connectivity index (χ0) is 26.6. The van der Waals surface area contributed by atoms with Crippen molar-refractivity contribution in [1.29, 1.82) is 0 Å². The minimum absolute atomic E-state index is 0.0112. The quantitative estimate of drug-likeness (QED) is 0.128. The molecule has 8 N–H and O–H groups in total. The summed E-state index contributed by atoms with van der Waals surface area (Å²) in [6.45, 7) is 8.08. The monoisotopic (exact) mass is 494 g/mol. The van der Waals surface area contributed by atoms with Crippen molar-refractivity contribution in [3.8, 4) is 0 Å². The van der Waals surface area contributed by atoms with E-state index >= 15 is 0 Å². The Kier molecular flexibility index (Phi) is 16.2. The number of hydrogen-bond donors (Lipinski definition) is 5. The molecule has 0 radical (unpaired) electrons. The second-order valence-corrected chi connectivity index (χ2v) is 6.37. The van der Waals surface area contributed by atoms with Crippen LogP contribution in [-0.2, 0) is 9.68 Å². The number of halogens is 2. The first-order valence-corrected chi connectivity index (χ1v) is 10.3. The topological polar surface area (TPSA) is 175 Å². The number of nitrogens with two attached hydrogens (primary N) is 3. The van der Waals surface area contributed by atoms with Crippen LogP contribution in [0.15, 0.2) is 51.7 Å². The first-order valence-electron chi connectivity index (χ1n) is 10.3. The highest BCUT2D eigenvalue weighted by Crippen LogP contribution is 2.10. The van der Waals surface area contributed by atoms with E-state index in [1.807, 2.05) is 6.92 Å². The first-order chi connectivity index (χ1) is 16.7. The number of hydrogen-bond acceptors (Lipinski definition) is 7. The lowest BCUT2D eigenvalue weighted by molar-refractivity contribution is 0.0957. The zero-order valence-electron chi connectivity index (χ0n) is 20.1. The van der Waals surface area contributed by atoms with Crippen LogP contribution >= 0.6 is 0 Å². The predicted octanol–water partition coefficient (Wildman–Crippen LogP) is 1.99. The number of aldehydes is 1. The highest BCUT2D eigenvalue weighted by Gasteiger charge is 2.02. The molecule has 0 saturated carbocycles. The van der Waals surface area contributed by atoms with E-state index in [4.69, 9.17) is 22.1 Å². The van der Waals surface area contributed by atoms with Crippen molar-refractivity contribution in [2.75, 3.05) is 13.2 Å². The molecule has 2 aromatic carbocycles. The van der Waals surface area contributed by atoms with Crippen molar-refractivity contribution in [3.05, 3.63) is 70.3 Å². The van der Waals surface area contributed by atoms with Crippen molar-refractivity contribution in [1.82, 2.24) is 11.0 Å². The van der Waals surface area contributed by atoms with Crippen LogP contribution in [0.5, 0.6) is 0 Å².